The van der Waals surface area contributed by atoms with Crippen LogP contribution in [0.1, 0.15) is 17.5 Å². The number of nitrogens with one attached hydrogen (secondary N) is 1. The van der Waals surface area contributed by atoms with Crippen LogP contribution in [-0.2, 0) is 12.0 Å². The fourth-order valence-electron chi connectivity index (χ4n) is 2.20. The summed E-state index contributed by atoms with van der Waals surface area (Å²) in [5.74, 6) is 0.324. The van der Waals surface area contributed by atoms with Crippen LogP contribution in [0, 0.1) is 0 Å². The Balaban J connectivity index is 2.12. The molecule has 5 nitrogen and oxygen atoms in total. The molecule has 1 aliphatic heterocycles. The highest BCUT2D eigenvalue weighted by molar-refractivity contribution is 9.10. The molecule has 2 aromatic rings. The molecule has 2 aromatic heterocycles. The van der Waals surface area contributed by atoms with Crippen LogP contribution in [0.2, 0.25) is 0 Å². The third-order valence-electron chi connectivity index (χ3n) is 3.02. The number of rotatable bonds is 1. The largest absolute Gasteiger partial charge is 0.368 e. The second-order valence-corrected chi connectivity index (χ2v) is 6.32. The third kappa shape index (κ3) is 1.74. The average Bonchev–Trinajstić information content (AvgIpc) is 2.84. The zero-order valence-electron chi connectivity index (χ0n) is 9.61. The Morgan fingerprint density at radius 3 is 3.06 bits per heavy atom. The van der Waals surface area contributed by atoms with Crippen LogP contribution in [0.5, 0.6) is 0 Å². The molecule has 0 unspecified atom stereocenters. The van der Waals surface area contributed by atoms with E-state index in [9.17, 15) is 4.79 Å². The van der Waals surface area contributed by atoms with Gasteiger partial charge in [-0.2, -0.15) is 0 Å². The van der Waals surface area contributed by atoms with E-state index in [0.717, 1.165) is 15.0 Å². The van der Waals surface area contributed by atoms with E-state index in [1.54, 1.807) is 22.1 Å². The molecule has 0 bridgehead atoms. The summed E-state index contributed by atoms with van der Waals surface area (Å²) in [4.78, 5) is 17.0. The summed E-state index contributed by atoms with van der Waals surface area (Å²) in [5.41, 5.74) is 6.22. The molecule has 3 heterocycles. The van der Waals surface area contributed by atoms with Crippen LogP contribution in [0.3, 0.4) is 0 Å². The SMILES string of the molecule is C[C@@]1(c2cc(Br)cs2)Cc2cc(=O)[nH]n2C(N)=N1. The molecular formula is C11H11BrN4OS. The molecule has 0 aliphatic carbocycles. The molecule has 7 heteroatoms. The predicted octanol–water partition coefficient (Wildman–Crippen LogP) is 1.63. The first kappa shape index (κ1) is 11.7. The number of halogens is 1. The number of nitrogens with two attached hydrogens (primary N) is 1. The number of hydrogen-bond donors (Lipinski definition) is 2. The second kappa shape index (κ2) is 3.83. The highest BCUT2D eigenvalue weighted by atomic mass is 79.9. The van der Waals surface area contributed by atoms with Gasteiger partial charge in [0.05, 0.1) is 5.69 Å². The van der Waals surface area contributed by atoms with Crippen molar-refractivity contribution in [3.8, 4) is 0 Å². The minimum Gasteiger partial charge on any atom is -0.368 e. The summed E-state index contributed by atoms with van der Waals surface area (Å²) in [6, 6.07) is 3.62. The van der Waals surface area contributed by atoms with E-state index in [2.05, 4.69) is 26.0 Å². The quantitative estimate of drug-likeness (QED) is 0.835. The Kier molecular flexibility index (Phi) is 2.49. The normalized spacial score (nSPS) is 22.7. The molecule has 94 valence electrons. The van der Waals surface area contributed by atoms with Gasteiger partial charge in [-0.15, -0.1) is 11.3 Å². The van der Waals surface area contributed by atoms with Crippen molar-refractivity contribution in [1.29, 1.82) is 0 Å². The van der Waals surface area contributed by atoms with Crippen molar-refractivity contribution >= 4 is 33.2 Å². The fourth-order valence-corrected chi connectivity index (χ4v) is 3.73. The van der Waals surface area contributed by atoms with Gasteiger partial charge in [0, 0.05) is 27.2 Å². The van der Waals surface area contributed by atoms with Crippen molar-refractivity contribution in [2.45, 2.75) is 18.9 Å². The van der Waals surface area contributed by atoms with Gasteiger partial charge in [-0.05, 0) is 28.9 Å². The second-order valence-electron chi connectivity index (χ2n) is 4.50. The van der Waals surface area contributed by atoms with Gasteiger partial charge >= 0.3 is 0 Å². The molecule has 3 rings (SSSR count). The van der Waals surface area contributed by atoms with Crippen LogP contribution >= 0.6 is 27.3 Å². The Hall–Kier alpha value is -1.34. The monoisotopic (exact) mass is 326 g/mol. The smallest absolute Gasteiger partial charge is 0.264 e. The van der Waals surface area contributed by atoms with E-state index in [0.29, 0.717) is 12.4 Å². The van der Waals surface area contributed by atoms with Gasteiger partial charge in [0.25, 0.3) is 5.56 Å². The highest BCUT2D eigenvalue weighted by Gasteiger charge is 2.34. The summed E-state index contributed by atoms with van der Waals surface area (Å²) in [5, 5.41) is 4.66. The summed E-state index contributed by atoms with van der Waals surface area (Å²) < 4.78 is 2.58. The minimum atomic E-state index is -0.407. The van der Waals surface area contributed by atoms with Gasteiger partial charge in [0.15, 0.2) is 0 Å². The molecule has 18 heavy (non-hydrogen) atoms. The number of aromatic amines is 1. The van der Waals surface area contributed by atoms with E-state index < -0.39 is 5.54 Å². The highest BCUT2D eigenvalue weighted by Crippen LogP contribution is 2.37. The maximum Gasteiger partial charge on any atom is 0.264 e. The molecular weight excluding hydrogens is 316 g/mol. The number of hydrogen-bond acceptors (Lipinski definition) is 4. The molecule has 1 aliphatic rings. The molecule has 0 spiro atoms. The topological polar surface area (TPSA) is 76.2 Å². The van der Waals surface area contributed by atoms with Crippen molar-refractivity contribution < 1.29 is 0 Å². The van der Waals surface area contributed by atoms with Crippen molar-refractivity contribution in [2.75, 3.05) is 0 Å². The Morgan fingerprint density at radius 2 is 2.39 bits per heavy atom. The summed E-state index contributed by atoms with van der Waals surface area (Å²) >= 11 is 5.07. The zero-order chi connectivity index (χ0) is 12.9. The molecule has 1 atom stereocenters. The van der Waals surface area contributed by atoms with Crippen molar-refractivity contribution in [3.63, 3.8) is 0 Å². The fraction of sp³-hybridized carbons (Fsp3) is 0.273. The number of aromatic nitrogens is 2. The third-order valence-corrected chi connectivity index (χ3v) is 4.97. The van der Waals surface area contributed by atoms with Crippen molar-refractivity contribution in [3.05, 3.63) is 42.9 Å². The van der Waals surface area contributed by atoms with Crippen molar-refractivity contribution in [2.24, 2.45) is 10.7 Å². The number of fused-ring (bicyclic) bond motifs is 1. The average molecular weight is 327 g/mol. The van der Waals surface area contributed by atoms with Gasteiger partial charge in [-0.1, -0.05) is 0 Å². The standard InChI is InChI=1S/C11H11BrN4OS/c1-11(8-2-6(12)5-18-8)4-7-3-9(17)15-16(7)10(13)14-11/h2-3,5H,4H2,1H3,(H2,13,14)(H,15,17)/t11-/m0/s1. The van der Waals surface area contributed by atoms with Crippen LogP contribution < -0.4 is 11.3 Å². The molecule has 0 aromatic carbocycles. The van der Waals surface area contributed by atoms with Crippen molar-refractivity contribution in [1.82, 2.24) is 9.78 Å². The Bertz CT molecular complexity index is 698. The molecule has 0 saturated heterocycles. The van der Waals surface area contributed by atoms with E-state index in [-0.39, 0.29) is 5.56 Å². The van der Waals surface area contributed by atoms with Gasteiger partial charge in [0.2, 0.25) is 5.96 Å². The first-order valence-corrected chi connectivity index (χ1v) is 7.06. The first-order chi connectivity index (χ1) is 8.48. The van der Waals surface area contributed by atoms with Crippen LogP contribution in [0.25, 0.3) is 0 Å². The predicted molar refractivity (Wildman–Crippen MR) is 75.1 cm³/mol. The molecule has 3 N–H and O–H groups in total. The maximum atomic E-state index is 11.4. The van der Waals surface area contributed by atoms with Gasteiger partial charge < -0.3 is 5.73 Å². The molecule has 0 fully saturated rings. The van der Waals surface area contributed by atoms with E-state index in [4.69, 9.17) is 5.73 Å². The maximum absolute atomic E-state index is 11.4. The molecule has 0 saturated carbocycles. The summed E-state index contributed by atoms with van der Waals surface area (Å²) in [6.45, 7) is 2.03. The van der Waals surface area contributed by atoms with E-state index >= 15 is 0 Å². The lowest BCUT2D eigenvalue weighted by molar-refractivity contribution is 0.471. The van der Waals surface area contributed by atoms with Gasteiger partial charge in [0.1, 0.15) is 5.54 Å². The zero-order valence-corrected chi connectivity index (χ0v) is 12.0. The lowest BCUT2D eigenvalue weighted by Crippen LogP contribution is -2.37. The van der Waals surface area contributed by atoms with Crippen LogP contribution in [0.4, 0.5) is 0 Å². The Morgan fingerprint density at radius 1 is 1.61 bits per heavy atom. The van der Waals surface area contributed by atoms with Gasteiger partial charge in [-0.3, -0.25) is 9.89 Å². The van der Waals surface area contributed by atoms with Crippen LogP contribution in [0.15, 0.2) is 31.8 Å². The number of H-pyrrole nitrogens is 1. The minimum absolute atomic E-state index is 0.153. The van der Waals surface area contributed by atoms with E-state index in [1.165, 1.54) is 0 Å². The molecule has 0 amide bonds. The number of thiophene rings is 1. The van der Waals surface area contributed by atoms with Gasteiger partial charge in [-0.25, -0.2) is 9.67 Å². The Labute approximate surface area is 115 Å². The van der Waals surface area contributed by atoms with Crippen LogP contribution in [-0.4, -0.2) is 15.7 Å². The number of aliphatic imine (C=N–C) groups is 1. The summed E-state index contributed by atoms with van der Waals surface area (Å²) in [7, 11) is 0. The summed E-state index contributed by atoms with van der Waals surface area (Å²) in [6.07, 6.45) is 0.652. The lowest BCUT2D eigenvalue weighted by Gasteiger charge is -2.29. The molecule has 0 radical (unpaired) electrons. The first-order valence-electron chi connectivity index (χ1n) is 5.39. The lowest BCUT2D eigenvalue weighted by atomic mass is 9.93. The van der Waals surface area contributed by atoms with E-state index in [1.807, 2.05) is 18.4 Å². The number of nitrogens with zero attached hydrogens (tertiary/aromatic N) is 2.